The van der Waals surface area contributed by atoms with Crippen molar-refractivity contribution in [3.8, 4) is 0 Å². The lowest BCUT2D eigenvalue weighted by atomic mass is 9.91. The Morgan fingerprint density at radius 2 is 1.90 bits per heavy atom. The van der Waals surface area contributed by atoms with Gasteiger partial charge in [-0.05, 0) is 39.5 Å². The van der Waals surface area contributed by atoms with E-state index in [0.29, 0.717) is 32.4 Å². The van der Waals surface area contributed by atoms with Gasteiger partial charge in [-0.1, -0.05) is 6.92 Å². The van der Waals surface area contributed by atoms with Gasteiger partial charge in [-0.3, -0.25) is 4.79 Å². The number of aliphatic hydroxyl groups is 1. The minimum atomic E-state index is -3.15. The quantitative estimate of drug-likeness (QED) is 0.723. The zero-order valence-corrected chi connectivity index (χ0v) is 14.1. The number of carbonyl (C=O) groups excluding carboxylic acids is 1. The molecule has 124 valence electrons. The number of carbonyl (C=O) groups is 1. The maximum atomic E-state index is 12.3. The summed E-state index contributed by atoms with van der Waals surface area (Å²) in [6.45, 7) is 6.41. The molecule has 1 amide bonds. The third-order valence-electron chi connectivity index (χ3n) is 4.45. The summed E-state index contributed by atoms with van der Waals surface area (Å²) in [6.07, 6.45) is 2.40. The van der Waals surface area contributed by atoms with E-state index < -0.39 is 15.6 Å². The molecule has 2 N–H and O–H groups in total. The standard InChI is InChI=1S/C14H28N2O4S/c1-4-14(3,8-11-17)15-13(18)12-6-9-16(10-7-12)21(19,20)5-2/h12,17H,4-11H2,1-3H3,(H,15,18). The number of nitrogens with zero attached hydrogens (tertiary/aromatic N) is 1. The lowest BCUT2D eigenvalue weighted by Gasteiger charge is -2.34. The van der Waals surface area contributed by atoms with Crippen molar-refractivity contribution in [3.63, 3.8) is 0 Å². The lowest BCUT2D eigenvalue weighted by Crippen LogP contribution is -2.50. The van der Waals surface area contributed by atoms with Crippen LogP contribution in [0.2, 0.25) is 0 Å². The van der Waals surface area contributed by atoms with E-state index >= 15 is 0 Å². The zero-order chi connectivity index (χ0) is 16.1. The molecule has 0 aromatic rings. The van der Waals surface area contributed by atoms with E-state index in [1.54, 1.807) is 6.92 Å². The summed E-state index contributed by atoms with van der Waals surface area (Å²) in [5, 5.41) is 12.1. The average Bonchev–Trinajstić information content (AvgIpc) is 2.47. The summed E-state index contributed by atoms with van der Waals surface area (Å²) >= 11 is 0. The molecule has 1 heterocycles. The predicted octanol–water partition coefficient (Wildman–Crippen LogP) is 0.715. The zero-order valence-electron chi connectivity index (χ0n) is 13.3. The van der Waals surface area contributed by atoms with Crippen molar-refractivity contribution in [2.24, 2.45) is 5.92 Å². The monoisotopic (exact) mass is 320 g/mol. The Morgan fingerprint density at radius 1 is 1.33 bits per heavy atom. The van der Waals surface area contributed by atoms with Crippen LogP contribution in [0.15, 0.2) is 0 Å². The van der Waals surface area contributed by atoms with Gasteiger partial charge in [-0.15, -0.1) is 0 Å². The highest BCUT2D eigenvalue weighted by atomic mass is 32.2. The van der Waals surface area contributed by atoms with Crippen molar-refractivity contribution in [3.05, 3.63) is 0 Å². The molecule has 0 saturated carbocycles. The Balaban J connectivity index is 2.56. The molecule has 1 rings (SSSR count). The minimum Gasteiger partial charge on any atom is -0.396 e. The number of amides is 1. The first-order chi connectivity index (χ1) is 9.78. The Morgan fingerprint density at radius 3 is 2.33 bits per heavy atom. The molecule has 1 aliphatic heterocycles. The molecule has 1 atom stereocenters. The summed E-state index contributed by atoms with van der Waals surface area (Å²) in [4.78, 5) is 12.3. The van der Waals surface area contributed by atoms with Gasteiger partial charge in [0.25, 0.3) is 0 Å². The molecule has 0 spiro atoms. The number of nitrogens with one attached hydrogen (secondary N) is 1. The second kappa shape index (κ2) is 7.56. The number of aliphatic hydroxyl groups excluding tert-OH is 1. The summed E-state index contributed by atoms with van der Waals surface area (Å²) < 4.78 is 25.1. The van der Waals surface area contributed by atoms with Gasteiger partial charge in [-0.2, -0.15) is 0 Å². The molecule has 1 fully saturated rings. The van der Waals surface area contributed by atoms with E-state index in [9.17, 15) is 13.2 Å². The number of hydrogen-bond donors (Lipinski definition) is 2. The van der Waals surface area contributed by atoms with Crippen LogP contribution in [-0.4, -0.2) is 54.7 Å². The maximum Gasteiger partial charge on any atom is 0.223 e. The molecular weight excluding hydrogens is 292 g/mol. The fourth-order valence-electron chi connectivity index (χ4n) is 2.55. The van der Waals surface area contributed by atoms with Gasteiger partial charge in [0.05, 0.1) is 5.75 Å². The lowest BCUT2D eigenvalue weighted by molar-refractivity contribution is -0.128. The van der Waals surface area contributed by atoms with Crippen molar-refractivity contribution in [1.29, 1.82) is 0 Å². The Kier molecular flexibility index (Phi) is 6.62. The van der Waals surface area contributed by atoms with Gasteiger partial charge in [0.1, 0.15) is 0 Å². The van der Waals surface area contributed by atoms with Crippen LogP contribution in [0, 0.1) is 5.92 Å². The van der Waals surface area contributed by atoms with Crippen molar-refractivity contribution >= 4 is 15.9 Å². The topological polar surface area (TPSA) is 86.7 Å². The highest BCUT2D eigenvalue weighted by Gasteiger charge is 2.32. The molecule has 21 heavy (non-hydrogen) atoms. The maximum absolute atomic E-state index is 12.3. The van der Waals surface area contributed by atoms with E-state index in [4.69, 9.17) is 5.11 Å². The van der Waals surface area contributed by atoms with Gasteiger partial charge in [0, 0.05) is 31.2 Å². The molecule has 0 bridgehead atoms. The van der Waals surface area contributed by atoms with Crippen LogP contribution in [0.5, 0.6) is 0 Å². The van der Waals surface area contributed by atoms with Crippen molar-refractivity contribution in [2.75, 3.05) is 25.4 Å². The molecule has 1 unspecified atom stereocenters. The second-order valence-electron chi connectivity index (χ2n) is 5.95. The Labute approximate surface area is 128 Å². The highest BCUT2D eigenvalue weighted by Crippen LogP contribution is 2.22. The fourth-order valence-corrected chi connectivity index (χ4v) is 3.68. The minimum absolute atomic E-state index is 0.0265. The molecule has 0 aliphatic carbocycles. The van der Waals surface area contributed by atoms with Crippen LogP contribution in [0.4, 0.5) is 0 Å². The molecule has 0 aromatic carbocycles. The van der Waals surface area contributed by atoms with Crippen molar-refractivity contribution in [1.82, 2.24) is 9.62 Å². The van der Waals surface area contributed by atoms with Gasteiger partial charge < -0.3 is 10.4 Å². The van der Waals surface area contributed by atoms with Gasteiger partial charge in [0.2, 0.25) is 15.9 Å². The number of rotatable bonds is 7. The normalized spacial score (nSPS) is 21.0. The predicted molar refractivity (Wildman–Crippen MR) is 82.3 cm³/mol. The van der Waals surface area contributed by atoms with Crippen molar-refractivity contribution in [2.45, 2.75) is 52.0 Å². The van der Waals surface area contributed by atoms with Crippen LogP contribution in [0.25, 0.3) is 0 Å². The first-order valence-electron chi connectivity index (χ1n) is 7.68. The van der Waals surface area contributed by atoms with Crippen LogP contribution < -0.4 is 5.32 Å². The summed E-state index contributed by atoms with van der Waals surface area (Å²) in [6, 6.07) is 0. The smallest absolute Gasteiger partial charge is 0.223 e. The molecule has 6 nitrogen and oxygen atoms in total. The summed E-state index contributed by atoms with van der Waals surface area (Å²) in [5.41, 5.74) is -0.390. The van der Waals surface area contributed by atoms with Gasteiger partial charge in [-0.25, -0.2) is 12.7 Å². The third kappa shape index (κ3) is 4.93. The highest BCUT2D eigenvalue weighted by molar-refractivity contribution is 7.89. The SMILES string of the molecule is CCC(C)(CCO)NC(=O)C1CCN(S(=O)(=O)CC)CC1. The second-order valence-corrected chi connectivity index (χ2v) is 8.21. The first-order valence-corrected chi connectivity index (χ1v) is 9.29. The van der Waals surface area contributed by atoms with E-state index in [0.717, 1.165) is 6.42 Å². The number of piperidine rings is 1. The van der Waals surface area contributed by atoms with E-state index in [-0.39, 0.29) is 24.2 Å². The van der Waals surface area contributed by atoms with Crippen molar-refractivity contribution < 1.29 is 18.3 Å². The van der Waals surface area contributed by atoms with Gasteiger partial charge in [0.15, 0.2) is 0 Å². The number of hydrogen-bond acceptors (Lipinski definition) is 4. The largest absolute Gasteiger partial charge is 0.396 e. The molecule has 0 radical (unpaired) electrons. The number of sulfonamides is 1. The molecule has 1 saturated heterocycles. The fraction of sp³-hybridized carbons (Fsp3) is 0.929. The van der Waals surface area contributed by atoms with Crippen LogP contribution in [0.1, 0.15) is 46.5 Å². The summed E-state index contributed by atoms with van der Waals surface area (Å²) in [5.74, 6) is -0.0620. The Hall–Kier alpha value is -0.660. The summed E-state index contributed by atoms with van der Waals surface area (Å²) in [7, 11) is -3.15. The first kappa shape index (κ1) is 18.4. The van der Waals surface area contributed by atoms with Gasteiger partial charge >= 0.3 is 0 Å². The van der Waals surface area contributed by atoms with E-state index in [2.05, 4.69) is 5.32 Å². The Bertz CT molecular complexity index is 444. The van der Waals surface area contributed by atoms with Crippen LogP contribution in [-0.2, 0) is 14.8 Å². The van der Waals surface area contributed by atoms with E-state index in [1.165, 1.54) is 4.31 Å². The van der Waals surface area contributed by atoms with Crippen LogP contribution >= 0.6 is 0 Å². The molecule has 0 aromatic heterocycles. The average molecular weight is 320 g/mol. The van der Waals surface area contributed by atoms with E-state index in [1.807, 2.05) is 13.8 Å². The van der Waals surface area contributed by atoms with Crippen LogP contribution in [0.3, 0.4) is 0 Å². The molecular formula is C14H28N2O4S. The molecule has 1 aliphatic rings. The molecule has 7 heteroatoms. The third-order valence-corrected chi connectivity index (χ3v) is 6.33.